The lowest BCUT2D eigenvalue weighted by Gasteiger charge is -2.34. The Kier molecular flexibility index (Phi) is 5.51. The molecule has 1 aromatic carbocycles. The highest BCUT2D eigenvalue weighted by Crippen LogP contribution is 2.39. The molecular formula is C22H26N8O2S. The average molecular weight is 467 g/mol. The summed E-state index contributed by atoms with van der Waals surface area (Å²) < 4.78 is 5.68. The first kappa shape index (κ1) is 21.4. The summed E-state index contributed by atoms with van der Waals surface area (Å²) in [7, 11) is 5.70. The molecule has 11 heteroatoms. The number of benzene rings is 1. The lowest BCUT2D eigenvalue weighted by Crippen LogP contribution is -2.44. The molecule has 1 saturated heterocycles. The number of nitrogens with one attached hydrogen (secondary N) is 2. The van der Waals surface area contributed by atoms with E-state index in [2.05, 4.69) is 48.5 Å². The van der Waals surface area contributed by atoms with E-state index in [4.69, 9.17) is 4.74 Å². The Balaban J connectivity index is 1.41. The first-order chi connectivity index (χ1) is 15.9. The van der Waals surface area contributed by atoms with Gasteiger partial charge in [0.1, 0.15) is 16.4 Å². The molecule has 0 atom stereocenters. The highest BCUT2D eigenvalue weighted by Gasteiger charge is 2.28. The number of aromatic nitrogens is 3. The highest BCUT2D eigenvalue weighted by atomic mass is 32.1. The van der Waals surface area contributed by atoms with Crippen molar-refractivity contribution in [1.82, 2.24) is 19.9 Å². The number of carbonyl (C=O) groups excluding carboxylic acids is 1. The molecule has 10 nitrogen and oxygen atoms in total. The van der Waals surface area contributed by atoms with Crippen LogP contribution in [0.1, 0.15) is 15.5 Å². The van der Waals surface area contributed by atoms with E-state index in [0.29, 0.717) is 23.1 Å². The minimum atomic E-state index is -0.256. The van der Waals surface area contributed by atoms with Crippen molar-refractivity contribution in [2.24, 2.45) is 0 Å². The summed E-state index contributed by atoms with van der Waals surface area (Å²) in [5, 5.41) is 7.71. The molecule has 0 saturated carbocycles. The fourth-order valence-electron chi connectivity index (χ4n) is 4.04. The van der Waals surface area contributed by atoms with Crippen LogP contribution in [0.15, 0.2) is 24.4 Å². The molecule has 0 aliphatic carbocycles. The Bertz CT molecular complexity index is 1210. The molecule has 33 heavy (non-hydrogen) atoms. The lowest BCUT2D eigenvalue weighted by atomic mass is 10.2. The van der Waals surface area contributed by atoms with Gasteiger partial charge in [0.25, 0.3) is 5.91 Å². The summed E-state index contributed by atoms with van der Waals surface area (Å²) in [6.07, 6.45) is 1.61. The molecule has 4 heterocycles. The van der Waals surface area contributed by atoms with Crippen molar-refractivity contribution in [2.75, 3.05) is 67.8 Å². The summed E-state index contributed by atoms with van der Waals surface area (Å²) in [6.45, 7) is 5.86. The zero-order valence-corrected chi connectivity index (χ0v) is 19.9. The van der Waals surface area contributed by atoms with Gasteiger partial charge in [-0.25, -0.2) is 9.97 Å². The predicted molar refractivity (Wildman–Crippen MR) is 131 cm³/mol. The van der Waals surface area contributed by atoms with Gasteiger partial charge in [-0.15, -0.1) is 11.3 Å². The molecule has 1 fully saturated rings. The van der Waals surface area contributed by atoms with Crippen LogP contribution in [0.3, 0.4) is 0 Å². The number of ether oxygens (including phenoxy) is 1. The number of thiazole rings is 1. The van der Waals surface area contributed by atoms with Gasteiger partial charge < -0.3 is 30.1 Å². The maximum Gasteiger partial charge on any atom is 0.277 e. The number of nitrogens with zero attached hydrogens (tertiary/aromatic N) is 6. The van der Waals surface area contributed by atoms with Gasteiger partial charge >= 0.3 is 0 Å². The van der Waals surface area contributed by atoms with Gasteiger partial charge in [-0.2, -0.15) is 4.98 Å². The number of anilines is 6. The molecule has 2 aliphatic heterocycles. The summed E-state index contributed by atoms with van der Waals surface area (Å²) in [5.41, 5.74) is 2.84. The fourth-order valence-corrected chi connectivity index (χ4v) is 4.91. The fraction of sp³-hybridized carbons (Fsp3) is 0.364. The van der Waals surface area contributed by atoms with Crippen molar-refractivity contribution in [3.8, 4) is 5.75 Å². The molecule has 1 amide bonds. The number of hydrogen-bond donors (Lipinski definition) is 2. The maximum absolute atomic E-state index is 12.6. The van der Waals surface area contributed by atoms with Crippen LogP contribution in [-0.4, -0.2) is 73.1 Å². The van der Waals surface area contributed by atoms with E-state index in [0.717, 1.165) is 53.3 Å². The van der Waals surface area contributed by atoms with Crippen molar-refractivity contribution in [1.29, 1.82) is 0 Å². The van der Waals surface area contributed by atoms with Crippen LogP contribution in [-0.2, 0) is 0 Å². The van der Waals surface area contributed by atoms with Crippen molar-refractivity contribution in [3.63, 3.8) is 0 Å². The Morgan fingerprint density at radius 3 is 2.70 bits per heavy atom. The SMILES string of the molecule is COc1cc(Nc2ncc3c(n2)N(C)c2sc(C)nc2C(=O)N3)ccc1N1CCN(C)CC1. The van der Waals surface area contributed by atoms with E-state index in [1.807, 2.05) is 31.0 Å². The maximum atomic E-state index is 12.6. The molecular weight excluding hydrogens is 440 g/mol. The monoisotopic (exact) mass is 466 g/mol. The normalized spacial score (nSPS) is 16.1. The largest absolute Gasteiger partial charge is 0.495 e. The number of methoxy groups -OCH3 is 1. The van der Waals surface area contributed by atoms with Crippen LogP contribution in [0.25, 0.3) is 0 Å². The van der Waals surface area contributed by atoms with Gasteiger partial charge in [0.05, 0.1) is 24.0 Å². The number of fused-ring (bicyclic) bond motifs is 2. The Labute approximate surface area is 196 Å². The molecule has 172 valence electrons. The van der Waals surface area contributed by atoms with Crippen molar-refractivity contribution >= 4 is 51.1 Å². The van der Waals surface area contributed by atoms with Gasteiger partial charge in [0.2, 0.25) is 5.95 Å². The Morgan fingerprint density at radius 1 is 1.15 bits per heavy atom. The minimum absolute atomic E-state index is 0.256. The third kappa shape index (κ3) is 4.05. The summed E-state index contributed by atoms with van der Waals surface area (Å²) in [6, 6.07) is 6.02. The minimum Gasteiger partial charge on any atom is -0.495 e. The Morgan fingerprint density at radius 2 is 1.94 bits per heavy atom. The second-order valence-electron chi connectivity index (χ2n) is 8.13. The van der Waals surface area contributed by atoms with E-state index in [9.17, 15) is 4.79 Å². The smallest absolute Gasteiger partial charge is 0.277 e. The van der Waals surface area contributed by atoms with Crippen LogP contribution < -0.4 is 25.2 Å². The van der Waals surface area contributed by atoms with Gasteiger partial charge in [-0.05, 0) is 26.1 Å². The number of rotatable bonds is 4. The summed E-state index contributed by atoms with van der Waals surface area (Å²) in [5.74, 6) is 1.57. The number of aryl methyl sites for hydroxylation is 1. The molecule has 0 spiro atoms. The highest BCUT2D eigenvalue weighted by molar-refractivity contribution is 7.16. The van der Waals surface area contributed by atoms with Crippen LogP contribution in [0.5, 0.6) is 5.75 Å². The molecule has 2 aliphatic rings. The lowest BCUT2D eigenvalue weighted by molar-refractivity contribution is 0.102. The first-order valence-electron chi connectivity index (χ1n) is 10.7. The number of amides is 1. The topological polar surface area (TPSA) is 98.8 Å². The Hall–Kier alpha value is -3.44. The zero-order chi connectivity index (χ0) is 23.1. The molecule has 3 aromatic rings. The second-order valence-corrected chi connectivity index (χ2v) is 9.31. The molecule has 0 unspecified atom stereocenters. The number of hydrogen-bond acceptors (Lipinski definition) is 10. The third-order valence-electron chi connectivity index (χ3n) is 5.85. The van der Waals surface area contributed by atoms with Crippen molar-refractivity contribution < 1.29 is 9.53 Å². The number of piperazine rings is 1. The second kappa shape index (κ2) is 8.49. The first-order valence-corrected chi connectivity index (χ1v) is 11.5. The molecule has 2 N–H and O–H groups in total. The molecule has 5 rings (SSSR count). The van der Waals surface area contributed by atoms with Crippen molar-refractivity contribution in [2.45, 2.75) is 6.92 Å². The molecule has 2 aromatic heterocycles. The van der Waals surface area contributed by atoms with E-state index in [1.165, 1.54) is 11.3 Å². The quantitative estimate of drug-likeness (QED) is 0.601. The third-order valence-corrected chi connectivity index (χ3v) is 6.90. The summed E-state index contributed by atoms with van der Waals surface area (Å²) in [4.78, 5) is 32.6. The standard InChI is InChI=1S/C22H26N8O2S/c1-13-24-18-20(31)26-15-12-23-22(27-19(15)29(3)21(18)33-13)25-14-5-6-16(17(11-14)32-4)30-9-7-28(2)8-10-30/h5-6,11-12H,7-10H2,1-4H3,(H,26,31)(H,23,25,27). The summed E-state index contributed by atoms with van der Waals surface area (Å²) >= 11 is 1.46. The van der Waals surface area contributed by atoms with Crippen LogP contribution in [0.4, 0.5) is 33.8 Å². The van der Waals surface area contributed by atoms with Crippen molar-refractivity contribution in [3.05, 3.63) is 35.1 Å². The predicted octanol–water partition coefficient (Wildman–Crippen LogP) is 3.08. The van der Waals surface area contributed by atoms with E-state index in [-0.39, 0.29) is 5.91 Å². The van der Waals surface area contributed by atoms with Gasteiger partial charge in [0, 0.05) is 45.0 Å². The van der Waals surface area contributed by atoms with E-state index < -0.39 is 0 Å². The molecule has 0 bridgehead atoms. The van der Waals surface area contributed by atoms with Crippen LogP contribution >= 0.6 is 11.3 Å². The van der Waals surface area contributed by atoms with E-state index in [1.54, 1.807) is 13.3 Å². The van der Waals surface area contributed by atoms with Gasteiger partial charge in [-0.3, -0.25) is 4.79 Å². The average Bonchev–Trinajstić information content (AvgIpc) is 3.18. The van der Waals surface area contributed by atoms with Crippen LogP contribution in [0.2, 0.25) is 0 Å². The zero-order valence-electron chi connectivity index (χ0n) is 19.0. The van der Waals surface area contributed by atoms with Gasteiger partial charge in [-0.1, -0.05) is 0 Å². The van der Waals surface area contributed by atoms with Crippen LogP contribution in [0, 0.1) is 6.92 Å². The molecule has 0 radical (unpaired) electrons. The number of carbonyl (C=O) groups is 1. The number of likely N-dealkylation sites (N-methyl/N-ethyl adjacent to an activating group) is 1. The van der Waals surface area contributed by atoms with E-state index >= 15 is 0 Å². The van der Waals surface area contributed by atoms with Gasteiger partial charge in [0.15, 0.2) is 11.5 Å².